The number of halogens is 3. The van der Waals surface area contributed by atoms with Crippen LogP contribution in [0.2, 0.25) is 0 Å². The fourth-order valence-electron chi connectivity index (χ4n) is 1.17. The second-order valence-electron chi connectivity index (χ2n) is 3.51. The van der Waals surface area contributed by atoms with Gasteiger partial charge in [0.25, 0.3) is 0 Å². The summed E-state index contributed by atoms with van der Waals surface area (Å²) in [6, 6.07) is 0. The van der Waals surface area contributed by atoms with Gasteiger partial charge >= 0.3 is 12.1 Å². The van der Waals surface area contributed by atoms with Crippen molar-refractivity contribution in [1.82, 2.24) is 0 Å². The van der Waals surface area contributed by atoms with Gasteiger partial charge in [-0.1, -0.05) is 33.1 Å². The van der Waals surface area contributed by atoms with E-state index >= 15 is 0 Å². The van der Waals surface area contributed by atoms with Gasteiger partial charge < -0.3 is 4.74 Å². The maximum Gasteiger partial charge on any atom is 0.490 e. The lowest BCUT2D eigenvalue weighted by molar-refractivity contribution is -0.201. The molecule has 5 heteroatoms. The van der Waals surface area contributed by atoms with Crippen LogP contribution >= 0.6 is 0 Å². The molecule has 0 bridgehead atoms. The van der Waals surface area contributed by atoms with Crippen molar-refractivity contribution in [3.63, 3.8) is 0 Å². The van der Waals surface area contributed by atoms with Gasteiger partial charge in [-0.15, -0.1) is 0 Å². The Morgan fingerprint density at radius 1 is 1.33 bits per heavy atom. The normalized spacial score (nSPS) is 13.7. The predicted octanol–water partition coefficient (Wildman–Crippen LogP) is 3.31. The van der Waals surface area contributed by atoms with Gasteiger partial charge in [0.05, 0.1) is 6.61 Å². The van der Waals surface area contributed by atoms with E-state index in [9.17, 15) is 18.0 Å². The zero-order chi connectivity index (χ0) is 11.9. The SMILES string of the molecule is CCCC[C@H](CC)COC(=O)C(F)(F)F. The number of carbonyl (C=O) groups excluding carboxylic acids is 1. The van der Waals surface area contributed by atoms with Crippen LogP contribution in [-0.2, 0) is 9.53 Å². The van der Waals surface area contributed by atoms with Gasteiger partial charge in [0.2, 0.25) is 0 Å². The summed E-state index contributed by atoms with van der Waals surface area (Å²) in [5.41, 5.74) is 0. The summed E-state index contributed by atoms with van der Waals surface area (Å²) in [5, 5.41) is 0. The Hall–Kier alpha value is -0.740. The van der Waals surface area contributed by atoms with Gasteiger partial charge in [-0.2, -0.15) is 13.2 Å². The van der Waals surface area contributed by atoms with E-state index < -0.39 is 12.1 Å². The first-order chi connectivity index (χ1) is 6.91. The van der Waals surface area contributed by atoms with E-state index in [-0.39, 0.29) is 12.5 Å². The molecule has 0 saturated carbocycles. The molecule has 0 radical (unpaired) electrons. The fraction of sp³-hybridized carbons (Fsp3) is 0.900. The number of ether oxygens (including phenoxy) is 1. The van der Waals surface area contributed by atoms with E-state index in [1.165, 1.54) is 0 Å². The number of hydrogen-bond acceptors (Lipinski definition) is 2. The third kappa shape index (κ3) is 6.36. The topological polar surface area (TPSA) is 26.3 Å². The fourth-order valence-corrected chi connectivity index (χ4v) is 1.17. The highest BCUT2D eigenvalue weighted by Crippen LogP contribution is 2.19. The first kappa shape index (κ1) is 14.3. The highest BCUT2D eigenvalue weighted by atomic mass is 19.4. The molecule has 15 heavy (non-hydrogen) atoms. The van der Waals surface area contributed by atoms with E-state index in [2.05, 4.69) is 4.74 Å². The van der Waals surface area contributed by atoms with Crippen molar-refractivity contribution in [2.24, 2.45) is 5.92 Å². The number of carbonyl (C=O) groups is 1. The summed E-state index contributed by atoms with van der Waals surface area (Å²) in [6.45, 7) is 3.75. The summed E-state index contributed by atoms with van der Waals surface area (Å²) in [6.07, 6.45) is -1.40. The Labute approximate surface area is 87.8 Å². The molecule has 0 aromatic rings. The van der Waals surface area contributed by atoms with Crippen LogP contribution < -0.4 is 0 Å². The van der Waals surface area contributed by atoms with Gasteiger partial charge in [-0.05, 0) is 12.3 Å². The summed E-state index contributed by atoms with van der Waals surface area (Å²) in [4.78, 5) is 10.4. The van der Waals surface area contributed by atoms with E-state index in [1.54, 1.807) is 0 Å². The zero-order valence-corrected chi connectivity index (χ0v) is 9.06. The average molecular weight is 226 g/mol. The smallest absolute Gasteiger partial charge is 0.459 e. The van der Waals surface area contributed by atoms with Crippen LogP contribution in [0, 0.1) is 5.92 Å². The number of unbranched alkanes of at least 4 members (excludes halogenated alkanes) is 1. The summed E-state index contributed by atoms with van der Waals surface area (Å²) in [5.74, 6) is -2.05. The van der Waals surface area contributed by atoms with Gasteiger partial charge in [0.15, 0.2) is 0 Å². The van der Waals surface area contributed by atoms with E-state index in [1.807, 2.05) is 13.8 Å². The first-order valence-electron chi connectivity index (χ1n) is 5.15. The van der Waals surface area contributed by atoms with Gasteiger partial charge in [0.1, 0.15) is 0 Å². The summed E-state index contributed by atoms with van der Waals surface area (Å²) >= 11 is 0. The zero-order valence-electron chi connectivity index (χ0n) is 9.06. The van der Waals surface area contributed by atoms with Crippen molar-refractivity contribution in [1.29, 1.82) is 0 Å². The molecule has 0 aliphatic rings. The molecule has 0 aromatic carbocycles. The Bertz CT molecular complexity index is 190. The molecule has 0 aliphatic carbocycles. The van der Waals surface area contributed by atoms with Crippen LogP contribution in [0.5, 0.6) is 0 Å². The van der Waals surface area contributed by atoms with E-state index in [0.717, 1.165) is 25.7 Å². The van der Waals surface area contributed by atoms with Crippen LogP contribution in [0.15, 0.2) is 0 Å². The molecule has 0 spiro atoms. The molecule has 0 unspecified atom stereocenters. The molecule has 0 saturated heterocycles. The molecule has 0 fully saturated rings. The third-order valence-corrected chi connectivity index (χ3v) is 2.22. The van der Waals surface area contributed by atoms with Crippen LogP contribution in [0.4, 0.5) is 13.2 Å². The Kier molecular flexibility index (Phi) is 6.36. The number of esters is 1. The van der Waals surface area contributed by atoms with Gasteiger partial charge in [-0.3, -0.25) is 0 Å². The molecule has 90 valence electrons. The highest BCUT2D eigenvalue weighted by Gasteiger charge is 2.41. The summed E-state index contributed by atoms with van der Waals surface area (Å²) < 4.78 is 39.5. The van der Waals surface area contributed by atoms with Crippen molar-refractivity contribution in [2.75, 3.05) is 6.61 Å². The van der Waals surface area contributed by atoms with Crippen LogP contribution in [0.25, 0.3) is 0 Å². The van der Waals surface area contributed by atoms with Gasteiger partial charge in [0, 0.05) is 0 Å². The number of alkyl halides is 3. The Morgan fingerprint density at radius 3 is 2.33 bits per heavy atom. The second kappa shape index (κ2) is 6.69. The van der Waals surface area contributed by atoms with Gasteiger partial charge in [-0.25, -0.2) is 4.79 Å². The lowest BCUT2D eigenvalue weighted by Gasteiger charge is -2.15. The van der Waals surface area contributed by atoms with Crippen LogP contribution in [-0.4, -0.2) is 18.8 Å². The third-order valence-electron chi connectivity index (χ3n) is 2.22. The molecular formula is C10H17F3O2. The molecule has 0 rings (SSSR count). The van der Waals surface area contributed by atoms with E-state index in [0.29, 0.717) is 0 Å². The lowest BCUT2D eigenvalue weighted by Crippen LogP contribution is -2.27. The molecule has 0 N–H and O–H groups in total. The Morgan fingerprint density at radius 2 is 1.93 bits per heavy atom. The lowest BCUT2D eigenvalue weighted by atomic mass is 10.0. The molecule has 2 nitrogen and oxygen atoms in total. The van der Waals surface area contributed by atoms with Crippen LogP contribution in [0.1, 0.15) is 39.5 Å². The van der Waals surface area contributed by atoms with Crippen molar-refractivity contribution in [3.05, 3.63) is 0 Å². The second-order valence-corrected chi connectivity index (χ2v) is 3.51. The average Bonchev–Trinajstić information content (AvgIpc) is 2.16. The molecule has 1 atom stereocenters. The van der Waals surface area contributed by atoms with Crippen molar-refractivity contribution >= 4 is 5.97 Å². The molecule has 0 aliphatic heterocycles. The molecular weight excluding hydrogens is 209 g/mol. The van der Waals surface area contributed by atoms with Crippen LogP contribution in [0.3, 0.4) is 0 Å². The van der Waals surface area contributed by atoms with E-state index in [4.69, 9.17) is 0 Å². The van der Waals surface area contributed by atoms with Crippen molar-refractivity contribution < 1.29 is 22.7 Å². The molecule has 0 amide bonds. The largest absolute Gasteiger partial charge is 0.490 e. The minimum Gasteiger partial charge on any atom is -0.459 e. The number of rotatable bonds is 6. The minimum absolute atomic E-state index is 0.0382. The molecule has 0 aromatic heterocycles. The standard InChI is InChI=1S/C10H17F3O2/c1-3-5-6-8(4-2)7-15-9(14)10(11,12)13/h8H,3-7H2,1-2H3/t8-/m0/s1. The first-order valence-corrected chi connectivity index (χ1v) is 5.15. The predicted molar refractivity (Wildman–Crippen MR) is 50.3 cm³/mol. The van der Waals surface area contributed by atoms with Crippen molar-refractivity contribution in [3.8, 4) is 0 Å². The Balaban J connectivity index is 3.85. The maximum absolute atomic E-state index is 11.8. The highest BCUT2D eigenvalue weighted by molar-refractivity contribution is 5.75. The quantitative estimate of drug-likeness (QED) is 0.649. The number of hydrogen-bond donors (Lipinski definition) is 0. The summed E-state index contributed by atoms with van der Waals surface area (Å²) in [7, 11) is 0. The monoisotopic (exact) mass is 226 g/mol. The van der Waals surface area contributed by atoms with Crippen molar-refractivity contribution in [2.45, 2.75) is 45.7 Å². The minimum atomic E-state index is -4.87. The molecule has 0 heterocycles. The maximum atomic E-state index is 11.8.